The summed E-state index contributed by atoms with van der Waals surface area (Å²) in [4.78, 5) is 0. The average Bonchev–Trinajstić information content (AvgIpc) is 2.72. The van der Waals surface area contributed by atoms with Crippen LogP contribution in [0, 0.1) is 0 Å². The highest BCUT2D eigenvalue weighted by molar-refractivity contribution is 7.87. The molecule has 0 bridgehead atoms. The lowest BCUT2D eigenvalue weighted by Gasteiger charge is -2.44. The maximum absolute atomic E-state index is 13.5. The summed E-state index contributed by atoms with van der Waals surface area (Å²) in [6, 6.07) is 0. The van der Waals surface area contributed by atoms with Gasteiger partial charge in [-0.2, -0.15) is 96.2 Å². The number of halogens is 20. The Balaban J connectivity index is 0. The molecule has 25 heteroatoms. The van der Waals surface area contributed by atoms with E-state index < -0.39 is 75.1 Å². The summed E-state index contributed by atoms with van der Waals surface area (Å²) in [5, 5.41) is -5.26. The van der Waals surface area contributed by atoms with E-state index in [2.05, 4.69) is 5.32 Å². The second-order valence-corrected chi connectivity index (χ2v) is 8.61. The van der Waals surface area contributed by atoms with E-state index in [0.717, 1.165) is 0 Å². The summed E-state index contributed by atoms with van der Waals surface area (Å²) in [6.07, 6.45) is -2.67. The van der Waals surface area contributed by atoms with Crippen LogP contribution in [0.25, 0.3) is 0 Å². The first kappa shape index (κ1) is 39.6. The maximum Gasteiger partial charge on any atom is 0.438 e. The van der Waals surface area contributed by atoms with Crippen molar-refractivity contribution >= 4 is 10.1 Å². The summed E-state index contributed by atoms with van der Waals surface area (Å²) in [5.74, 6) is -77.3. The van der Waals surface area contributed by atoms with E-state index >= 15 is 0 Å². The van der Waals surface area contributed by atoms with Crippen LogP contribution in [0.1, 0.15) is 13.3 Å². The Morgan fingerprint density at radius 3 is 0.846 bits per heavy atom. The third-order valence-corrected chi connectivity index (χ3v) is 5.26. The van der Waals surface area contributed by atoms with Crippen LogP contribution in [0.15, 0.2) is 0 Å². The molecule has 0 spiro atoms. The predicted octanol–water partition coefficient (Wildman–Crippen LogP) is 6.43. The molecular formula is C14H13F20NO3S. The minimum Gasteiger partial charge on any atom is -0.323 e. The largest absolute Gasteiger partial charge is 0.438 e. The van der Waals surface area contributed by atoms with Crippen LogP contribution in [0.2, 0.25) is 0 Å². The van der Waals surface area contributed by atoms with Crippen LogP contribution in [-0.2, 0) is 10.1 Å². The normalized spacial score (nSPS) is 16.1. The van der Waals surface area contributed by atoms with Crippen LogP contribution in [0.3, 0.4) is 0 Å². The smallest absolute Gasteiger partial charge is 0.323 e. The lowest BCUT2D eigenvalue weighted by atomic mass is 9.86. The van der Waals surface area contributed by atoms with Crippen molar-refractivity contribution in [2.24, 2.45) is 0 Å². The van der Waals surface area contributed by atoms with Crippen molar-refractivity contribution in [2.45, 2.75) is 71.9 Å². The molecule has 0 aliphatic carbocycles. The summed E-state index contributed by atoms with van der Waals surface area (Å²) in [5.41, 5.74) is 0. The molecule has 0 aliphatic heterocycles. The van der Waals surface area contributed by atoms with E-state index in [1.807, 2.05) is 14.1 Å². The molecule has 2 N–H and O–H groups in total. The first-order chi connectivity index (χ1) is 16.5. The molecule has 0 unspecified atom stereocenters. The van der Waals surface area contributed by atoms with Gasteiger partial charge < -0.3 is 5.32 Å². The average molecular weight is 655 g/mol. The van der Waals surface area contributed by atoms with Gasteiger partial charge in [-0.3, -0.25) is 4.55 Å². The first-order valence-electron chi connectivity index (χ1n) is 8.81. The second kappa shape index (κ2) is 10.4. The molecule has 39 heavy (non-hydrogen) atoms. The highest BCUT2D eigenvalue weighted by atomic mass is 32.2. The van der Waals surface area contributed by atoms with E-state index in [-0.39, 0.29) is 6.92 Å². The van der Waals surface area contributed by atoms with Crippen LogP contribution < -0.4 is 5.32 Å². The van der Waals surface area contributed by atoms with Crippen LogP contribution >= 0.6 is 0 Å². The topological polar surface area (TPSA) is 66.4 Å². The molecule has 0 aromatic heterocycles. The Labute approximate surface area is 203 Å². The highest BCUT2D eigenvalue weighted by Gasteiger charge is 2.98. The number of rotatable bonds is 11. The molecule has 4 nitrogen and oxygen atoms in total. The van der Waals surface area contributed by atoms with Crippen LogP contribution in [0.4, 0.5) is 87.8 Å². The molecule has 238 valence electrons. The number of alkyl halides is 20. The van der Waals surface area contributed by atoms with Crippen molar-refractivity contribution in [2.75, 3.05) is 14.1 Å². The fourth-order valence-corrected chi connectivity index (χ4v) is 2.43. The summed E-state index contributed by atoms with van der Waals surface area (Å²) >= 11 is 0. The number of hydrogen-bond donors (Lipinski definition) is 2. The molecule has 0 saturated carbocycles. The zero-order valence-electron chi connectivity index (χ0n) is 18.4. The molecule has 0 radical (unpaired) electrons. The second-order valence-electron chi connectivity index (χ2n) is 7.14. The van der Waals surface area contributed by atoms with E-state index in [0.29, 0.717) is 0 Å². The molecule has 0 rings (SSSR count). The third kappa shape index (κ3) is 5.18. The van der Waals surface area contributed by atoms with E-state index in [1.165, 1.54) is 0 Å². The molecule has 0 aliphatic rings. The fraction of sp³-hybridized carbons (Fsp3) is 1.00. The van der Waals surface area contributed by atoms with Crippen molar-refractivity contribution in [1.82, 2.24) is 5.32 Å². The molecule has 0 saturated heterocycles. The fourth-order valence-electron chi connectivity index (χ4n) is 1.98. The maximum atomic E-state index is 13.5. The quantitative estimate of drug-likeness (QED) is 0.199. The van der Waals surface area contributed by atoms with Crippen LogP contribution in [-0.4, -0.2) is 85.6 Å². The zero-order chi connectivity index (χ0) is 32.9. The molecule has 0 atom stereocenters. The number of hydrogen-bond acceptors (Lipinski definition) is 3. The molecular weight excluding hydrogens is 642 g/mol. The van der Waals surface area contributed by atoms with Crippen molar-refractivity contribution in [1.29, 1.82) is 0 Å². The summed E-state index contributed by atoms with van der Waals surface area (Å²) < 4.78 is 293. The standard InChI is InChI=1S/C12H6F20O3S.C2H7N/c1-2-3(13,14)4(15,16)5(17,18)6(19,20)7(21,22)8(23,24)9(25,26)10(27,28)11(29,30)12(31,32)36(33,34)35;1-3-2/h2H2,1H3,(H,33,34,35);3H,1-2H3. The molecule has 0 fully saturated rings. The summed E-state index contributed by atoms with van der Waals surface area (Å²) in [7, 11) is -4.30. The van der Waals surface area contributed by atoms with E-state index in [1.54, 1.807) is 0 Å². The van der Waals surface area contributed by atoms with Gasteiger partial charge in [0, 0.05) is 6.42 Å². The van der Waals surface area contributed by atoms with Crippen LogP contribution in [0.5, 0.6) is 0 Å². The van der Waals surface area contributed by atoms with Gasteiger partial charge >= 0.3 is 68.7 Å². The lowest BCUT2D eigenvalue weighted by Crippen LogP contribution is -2.77. The first-order valence-corrected chi connectivity index (χ1v) is 10.3. The molecule has 0 heterocycles. The van der Waals surface area contributed by atoms with Gasteiger partial charge in [-0.05, 0) is 14.1 Å². The SMILES string of the molecule is CCC(F)(F)C(F)(F)C(F)(F)C(F)(F)C(F)(F)C(F)(F)C(F)(F)C(F)(F)C(F)(F)C(F)(F)S(=O)(=O)O.CNC. The van der Waals surface area contributed by atoms with Crippen molar-refractivity contribution < 1.29 is 101 Å². The molecule has 0 aromatic carbocycles. The van der Waals surface area contributed by atoms with Gasteiger partial charge in [0.1, 0.15) is 0 Å². The number of nitrogens with one attached hydrogen (secondary N) is 1. The minimum atomic E-state index is -9.26. The Hall–Kier alpha value is -1.53. The summed E-state index contributed by atoms with van der Waals surface area (Å²) in [6.45, 7) is -0.221. The van der Waals surface area contributed by atoms with E-state index in [4.69, 9.17) is 4.55 Å². The van der Waals surface area contributed by atoms with Gasteiger partial charge in [0.15, 0.2) is 0 Å². The predicted molar refractivity (Wildman–Crippen MR) is 86.3 cm³/mol. The van der Waals surface area contributed by atoms with Crippen molar-refractivity contribution in [3.63, 3.8) is 0 Å². The highest BCUT2D eigenvalue weighted by Crippen LogP contribution is 2.66. The lowest BCUT2D eigenvalue weighted by molar-refractivity contribution is -0.466. The zero-order valence-corrected chi connectivity index (χ0v) is 19.3. The Morgan fingerprint density at radius 1 is 0.487 bits per heavy atom. The van der Waals surface area contributed by atoms with Gasteiger partial charge in [0.2, 0.25) is 0 Å². The minimum absolute atomic E-state index is 0.221. The Morgan fingerprint density at radius 2 is 0.667 bits per heavy atom. The van der Waals surface area contributed by atoms with Gasteiger partial charge in [-0.25, -0.2) is 0 Å². The third-order valence-electron chi connectivity index (χ3n) is 4.35. The van der Waals surface area contributed by atoms with Crippen molar-refractivity contribution in [3.8, 4) is 0 Å². The van der Waals surface area contributed by atoms with Gasteiger partial charge in [0.05, 0.1) is 0 Å². The van der Waals surface area contributed by atoms with Crippen molar-refractivity contribution in [3.05, 3.63) is 0 Å². The monoisotopic (exact) mass is 655 g/mol. The molecule has 0 aromatic rings. The van der Waals surface area contributed by atoms with E-state index in [9.17, 15) is 96.2 Å². The molecule has 0 amide bonds. The van der Waals surface area contributed by atoms with Gasteiger partial charge in [0.25, 0.3) is 0 Å². The van der Waals surface area contributed by atoms with Gasteiger partial charge in [-0.15, -0.1) is 0 Å². The Bertz CT molecular complexity index is 961. The Kier molecular flexibility index (Phi) is 10.5. The van der Waals surface area contributed by atoms with Gasteiger partial charge in [-0.1, -0.05) is 6.92 Å².